The monoisotopic (exact) mass is 444 g/mol. The van der Waals surface area contributed by atoms with Crippen LogP contribution in [0.5, 0.6) is 0 Å². The van der Waals surface area contributed by atoms with Crippen molar-refractivity contribution in [1.82, 2.24) is 24.9 Å². The number of carbonyl (C=O) groups is 1. The molecule has 168 valence electrons. The Morgan fingerprint density at radius 3 is 2.81 bits per heavy atom. The number of imidazole rings is 1. The molecular weight excluding hydrogens is 423 g/mol. The van der Waals surface area contributed by atoms with Gasteiger partial charge in [0.15, 0.2) is 0 Å². The van der Waals surface area contributed by atoms with Crippen LogP contribution in [0.1, 0.15) is 43.1 Å². The van der Waals surface area contributed by atoms with Crippen LogP contribution in [0.3, 0.4) is 0 Å². The van der Waals surface area contributed by atoms with Crippen LogP contribution < -0.4 is 11.1 Å². The number of nitrogens with one attached hydrogen (secondary N) is 1. The van der Waals surface area contributed by atoms with Crippen molar-refractivity contribution in [3.8, 4) is 0 Å². The first kappa shape index (κ1) is 21.6. The van der Waals surface area contributed by atoms with Gasteiger partial charge in [0.2, 0.25) is 5.91 Å². The summed E-state index contributed by atoms with van der Waals surface area (Å²) in [5.74, 6) is -5.42. The van der Waals surface area contributed by atoms with Gasteiger partial charge < -0.3 is 11.1 Å². The maximum Gasteiger partial charge on any atom is 0.393 e. The Morgan fingerprint density at radius 1 is 1.35 bits per heavy atom. The number of alkyl halides is 5. The van der Waals surface area contributed by atoms with E-state index in [1.54, 1.807) is 0 Å². The second-order valence-electron chi connectivity index (χ2n) is 8.10. The SMILES string of the molecule is N[C@@H](C1=CCC(F)(F)CC1)c1cn2nc(CC3C[C@H](C(F)(F)F)CNC3=O)cnc2n1. The third-order valence-electron chi connectivity index (χ3n) is 5.80. The van der Waals surface area contributed by atoms with E-state index in [2.05, 4.69) is 20.4 Å². The Bertz CT molecular complexity index is 1020. The van der Waals surface area contributed by atoms with Crippen LogP contribution in [0.15, 0.2) is 24.0 Å². The number of fused-ring (bicyclic) bond motifs is 1. The van der Waals surface area contributed by atoms with Crippen LogP contribution >= 0.6 is 0 Å². The third kappa shape index (κ3) is 4.68. The fourth-order valence-corrected chi connectivity index (χ4v) is 3.94. The van der Waals surface area contributed by atoms with Gasteiger partial charge in [-0.25, -0.2) is 23.3 Å². The highest BCUT2D eigenvalue weighted by Gasteiger charge is 2.44. The molecule has 0 saturated carbocycles. The van der Waals surface area contributed by atoms with E-state index in [0.29, 0.717) is 17.0 Å². The molecule has 1 aliphatic heterocycles. The van der Waals surface area contributed by atoms with Crippen molar-refractivity contribution in [2.24, 2.45) is 17.6 Å². The summed E-state index contributed by atoms with van der Waals surface area (Å²) in [6.45, 7) is -0.423. The number of hydrogen-bond donors (Lipinski definition) is 2. The van der Waals surface area contributed by atoms with Crippen molar-refractivity contribution < 1.29 is 26.7 Å². The largest absolute Gasteiger partial charge is 0.393 e. The van der Waals surface area contributed by atoms with E-state index < -0.39 is 42.4 Å². The number of amides is 1. The minimum atomic E-state index is -4.38. The molecule has 12 heteroatoms. The highest BCUT2D eigenvalue weighted by Crippen LogP contribution is 2.36. The van der Waals surface area contributed by atoms with Gasteiger partial charge in [-0.3, -0.25) is 4.79 Å². The number of nitrogens with two attached hydrogens (primary N) is 1. The lowest BCUT2D eigenvalue weighted by molar-refractivity contribution is -0.183. The maximum atomic E-state index is 13.3. The number of hydrogen-bond acceptors (Lipinski definition) is 5. The van der Waals surface area contributed by atoms with E-state index in [1.807, 2.05) is 0 Å². The van der Waals surface area contributed by atoms with Crippen LogP contribution in [-0.2, 0) is 11.2 Å². The van der Waals surface area contributed by atoms with Crippen molar-refractivity contribution >= 4 is 11.7 Å². The van der Waals surface area contributed by atoms with Gasteiger partial charge in [-0.2, -0.15) is 18.3 Å². The number of piperidine rings is 1. The average molecular weight is 444 g/mol. The normalized spacial score (nSPS) is 25.2. The molecule has 1 saturated heterocycles. The molecule has 3 N–H and O–H groups in total. The predicted molar refractivity (Wildman–Crippen MR) is 99.0 cm³/mol. The molecule has 7 nitrogen and oxygen atoms in total. The number of halogens is 5. The van der Waals surface area contributed by atoms with E-state index in [1.165, 1.54) is 23.0 Å². The van der Waals surface area contributed by atoms with Gasteiger partial charge in [0.25, 0.3) is 11.7 Å². The van der Waals surface area contributed by atoms with E-state index in [0.717, 1.165) is 0 Å². The third-order valence-corrected chi connectivity index (χ3v) is 5.80. The molecule has 0 radical (unpaired) electrons. The van der Waals surface area contributed by atoms with Crippen LogP contribution in [0.25, 0.3) is 5.78 Å². The molecule has 0 bridgehead atoms. The standard InChI is InChI=1S/C19H21F5N6O/c20-18(21)3-1-10(2-4-18)15(25)14-9-30-17(28-14)27-8-13(29-30)6-11-5-12(19(22,23)24)7-26-16(11)31/h1,8-9,11-12,15H,2-7,25H2,(H,26,31)/t11?,12-,15-/m0/s1. The Balaban J connectivity index is 1.50. The van der Waals surface area contributed by atoms with Crippen LogP contribution in [0, 0.1) is 11.8 Å². The van der Waals surface area contributed by atoms with Crippen molar-refractivity contribution in [2.45, 2.75) is 50.2 Å². The Hall–Kier alpha value is -2.63. The number of nitrogens with zero attached hydrogens (tertiary/aromatic N) is 4. The summed E-state index contributed by atoms with van der Waals surface area (Å²) >= 11 is 0. The molecule has 2 aromatic rings. The molecule has 1 amide bonds. The summed E-state index contributed by atoms with van der Waals surface area (Å²) in [5, 5.41) is 6.60. The van der Waals surface area contributed by atoms with Crippen molar-refractivity contribution in [2.75, 3.05) is 6.54 Å². The Morgan fingerprint density at radius 2 is 2.13 bits per heavy atom. The molecule has 1 fully saturated rings. The fourth-order valence-electron chi connectivity index (χ4n) is 3.94. The molecule has 1 aliphatic carbocycles. The highest BCUT2D eigenvalue weighted by atomic mass is 19.4. The first-order valence-corrected chi connectivity index (χ1v) is 9.90. The fraction of sp³-hybridized carbons (Fsp3) is 0.579. The zero-order valence-corrected chi connectivity index (χ0v) is 16.4. The molecule has 4 rings (SSSR count). The number of carbonyl (C=O) groups excluding carboxylic acids is 1. The number of allylic oxidation sites excluding steroid dienone is 1. The zero-order valence-electron chi connectivity index (χ0n) is 16.4. The summed E-state index contributed by atoms with van der Waals surface area (Å²) in [4.78, 5) is 20.5. The van der Waals surface area contributed by atoms with Crippen LogP contribution in [0.2, 0.25) is 0 Å². The van der Waals surface area contributed by atoms with Gasteiger partial charge in [-0.15, -0.1) is 0 Å². The summed E-state index contributed by atoms with van der Waals surface area (Å²) in [6.07, 6.45) is -0.861. The first-order chi connectivity index (χ1) is 14.5. The summed E-state index contributed by atoms with van der Waals surface area (Å²) in [7, 11) is 0. The summed E-state index contributed by atoms with van der Waals surface area (Å²) in [6, 6.07) is -0.681. The molecule has 2 aliphatic rings. The molecular formula is C19H21F5N6O. The Labute approximate surface area is 173 Å². The first-order valence-electron chi connectivity index (χ1n) is 9.90. The minimum Gasteiger partial charge on any atom is -0.355 e. The van der Waals surface area contributed by atoms with Crippen LogP contribution in [0.4, 0.5) is 22.0 Å². The molecule has 2 aromatic heterocycles. The quantitative estimate of drug-likeness (QED) is 0.558. The maximum absolute atomic E-state index is 13.3. The summed E-state index contributed by atoms with van der Waals surface area (Å²) < 4.78 is 67.1. The van der Waals surface area contributed by atoms with E-state index in [-0.39, 0.29) is 37.9 Å². The average Bonchev–Trinajstić information content (AvgIpc) is 3.11. The lowest BCUT2D eigenvalue weighted by Gasteiger charge is -2.30. The van der Waals surface area contributed by atoms with Gasteiger partial charge >= 0.3 is 6.18 Å². The van der Waals surface area contributed by atoms with Gasteiger partial charge in [-0.1, -0.05) is 11.6 Å². The molecule has 0 spiro atoms. The number of rotatable bonds is 4. The van der Waals surface area contributed by atoms with E-state index >= 15 is 0 Å². The van der Waals surface area contributed by atoms with Gasteiger partial charge in [0.1, 0.15) is 0 Å². The van der Waals surface area contributed by atoms with Crippen molar-refractivity contribution in [3.05, 3.63) is 35.4 Å². The van der Waals surface area contributed by atoms with E-state index in [9.17, 15) is 26.7 Å². The second-order valence-corrected chi connectivity index (χ2v) is 8.10. The van der Waals surface area contributed by atoms with E-state index in [4.69, 9.17) is 5.73 Å². The molecule has 3 heterocycles. The smallest absolute Gasteiger partial charge is 0.355 e. The number of aromatic nitrogens is 4. The van der Waals surface area contributed by atoms with Crippen molar-refractivity contribution in [1.29, 1.82) is 0 Å². The highest BCUT2D eigenvalue weighted by molar-refractivity contribution is 5.79. The van der Waals surface area contributed by atoms with Gasteiger partial charge in [0, 0.05) is 31.7 Å². The lowest BCUT2D eigenvalue weighted by atomic mass is 9.86. The minimum absolute atomic E-state index is 0.00115. The van der Waals surface area contributed by atoms with Crippen molar-refractivity contribution in [3.63, 3.8) is 0 Å². The summed E-state index contributed by atoms with van der Waals surface area (Å²) in [5.41, 5.74) is 7.58. The Kier molecular flexibility index (Phi) is 5.44. The van der Waals surface area contributed by atoms with Gasteiger partial charge in [-0.05, 0) is 12.8 Å². The predicted octanol–water partition coefficient (Wildman–Crippen LogP) is 2.73. The molecule has 1 unspecified atom stereocenters. The van der Waals surface area contributed by atoms with Crippen LogP contribution in [-0.4, -0.2) is 44.1 Å². The zero-order chi connectivity index (χ0) is 22.4. The van der Waals surface area contributed by atoms with Gasteiger partial charge in [0.05, 0.1) is 35.7 Å². The molecule has 0 aromatic carbocycles. The topological polar surface area (TPSA) is 98.2 Å². The lowest BCUT2D eigenvalue weighted by Crippen LogP contribution is -2.47. The molecule has 3 atom stereocenters. The molecule has 31 heavy (non-hydrogen) atoms. The second kappa shape index (κ2) is 7.81.